The summed E-state index contributed by atoms with van der Waals surface area (Å²) in [5, 5.41) is 2.60. The van der Waals surface area contributed by atoms with Crippen LogP contribution in [-0.2, 0) is 19.1 Å². The number of methoxy groups -OCH3 is 2. The van der Waals surface area contributed by atoms with Crippen LogP contribution in [-0.4, -0.2) is 61.3 Å². The molecule has 0 unspecified atom stereocenters. The first-order valence-corrected chi connectivity index (χ1v) is 10.3. The van der Waals surface area contributed by atoms with Crippen LogP contribution in [0.5, 0.6) is 23.5 Å². The van der Waals surface area contributed by atoms with E-state index in [4.69, 9.17) is 23.7 Å². The van der Waals surface area contributed by atoms with Crippen molar-refractivity contribution < 1.29 is 38.1 Å². The highest BCUT2D eigenvalue weighted by Gasteiger charge is 2.25. The van der Waals surface area contributed by atoms with E-state index in [0.717, 1.165) is 0 Å². The number of carbonyl (C=O) groups excluding carboxylic acids is 3. The lowest BCUT2D eigenvalue weighted by molar-refractivity contribution is -0.146. The molecule has 11 heteroatoms. The van der Waals surface area contributed by atoms with Gasteiger partial charge in [-0.15, -0.1) is 0 Å². The Labute approximate surface area is 191 Å². The predicted molar refractivity (Wildman–Crippen MR) is 115 cm³/mol. The monoisotopic (exact) mass is 461 g/mol. The minimum Gasteiger partial charge on any atom is -0.481 e. The van der Waals surface area contributed by atoms with Crippen molar-refractivity contribution in [2.75, 3.05) is 27.4 Å². The van der Waals surface area contributed by atoms with E-state index in [9.17, 15) is 14.4 Å². The molecule has 33 heavy (non-hydrogen) atoms. The van der Waals surface area contributed by atoms with E-state index in [-0.39, 0.29) is 55.1 Å². The number of rotatable bonds is 12. The van der Waals surface area contributed by atoms with Crippen LogP contribution in [0.3, 0.4) is 0 Å². The molecule has 1 aromatic carbocycles. The van der Waals surface area contributed by atoms with Gasteiger partial charge in [0, 0.05) is 6.42 Å². The van der Waals surface area contributed by atoms with Gasteiger partial charge in [0.05, 0.1) is 39.1 Å². The van der Waals surface area contributed by atoms with E-state index in [2.05, 4.69) is 15.3 Å². The Hall–Kier alpha value is -3.89. The average Bonchev–Trinajstić information content (AvgIpc) is 2.81. The minimum atomic E-state index is -1.05. The third kappa shape index (κ3) is 7.63. The summed E-state index contributed by atoms with van der Waals surface area (Å²) in [5.74, 6) is -1.19. The second kappa shape index (κ2) is 12.8. The molecule has 2 aromatic rings. The second-order valence-electron chi connectivity index (χ2n) is 6.46. The van der Waals surface area contributed by atoms with E-state index >= 15 is 0 Å². The Morgan fingerprint density at radius 3 is 2.21 bits per heavy atom. The van der Waals surface area contributed by atoms with Crippen molar-refractivity contribution >= 4 is 17.8 Å². The quantitative estimate of drug-likeness (QED) is 0.469. The summed E-state index contributed by atoms with van der Waals surface area (Å²) in [6, 6.07) is 6.66. The molecule has 1 atom stereocenters. The fourth-order valence-corrected chi connectivity index (χ4v) is 2.70. The third-order valence-corrected chi connectivity index (χ3v) is 4.23. The smallest absolute Gasteiger partial charge is 0.328 e. The normalized spacial score (nSPS) is 11.2. The van der Waals surface area contributed by atoms with Gasteiger partial charge in [0.1, 0.15) is 11.8 Å². The summed E-state index contributed by atoms with van der Waals surface area (Å²) < 4.78 is 25.8. The second-order valence-corrected chi connectivity index (χ2v) is 6.46. The lowest BCUT2D eigenvalue weighted by Crippen LogP contribution is -2.42. The van der Waals surface area contributed by atoms with Gasteiger partial charge in [-0.3, -0.25) is 9.59 Å². The summed E-state index contributed by atoms with van der Waals surface area (Å²) in [4.78, 5) is 45.2. The van der Waals surface area contributed by atoms with Crippen LogP contribution >= 0.6 is 0 Å². The van der Waals surface area contributed by atoms with Crippen molar-refractivity contribution in [2.24, 2.45) is 0 Å². The van der Waals surface area contributed by atoms with Crippen molar-refractivity contribution in [3.05, 3.63) is 35.9 Å². The van der Waals surface area contributed by atoms with E-state index in [1.165, 1.54) is 26.4 Å². The van der Waals surface area contributed by atoms with Gasteiger partial charge < -0.3 is 29.0 Å². The first kappa shape index (κ1) is 25.4. The van der Waals surface area contributed by atoms with Crippen LogP contribution in [0.4, 0.5) is 0 Å². The lowest BCUT2D eigenvalue weighted by atomic mass is 10.1. The molecule has 0 radical (unpaired) electrons. The average molecular weight is 461 g/mol. The van der Waals surface area contributed by atoms with Crippen molar-refractivity contribution in [1.29, 1.82) is 0 Å². The Morgan fingerprint density at radius 2 is 1.61 bits per heavy atom. The predicted octanol–water partition coefficient (Wildman–Crippen LogP) is 2.29. The van der Waals surface area contributed by atoms with Crippen molar-refractivity contribution in [3.63, 3.8) is 0 Å². The van der Waals surface area contributed by atoms with Gasteiger partial charge >= 0.3 is 17.9 Å². The van der Waals surface area contributed by atoms with Gasteiger partial charge in [0.25, 0.3) is 5.91 Å². The first-order chi connectivity index (χ1) is 15.9. The Kier molecular flexibility index (Phi) is 9.87. The third-order valence-electron chi connectivity index (χ3n) is 4.23. The Bertz CT molecular complexity index is 944. The number of nitrogens with one attached hydrogen (secondary N) is 1. The SMILES string of the molecule is CCOC(=O)CC[C@H](NC(=O)c1ccccc1Oc1nc(OC)cc(OC)n1)C(=O)OCC. The molecule has 1 amide bonds. The summed E-state index contributed by atoms with van der Waals surface area (Å²) >= 11 is 0. The lowest BCUT2D eigenvalue weighted by Gasteiger charge is -2.18. The van der Waals surface area contributed by atoms with E-state index in [1.54, 1.807) is 32.0 Å². The number of carbonyl (C=O) groups is 3. The zero-order chi connectivity index (χ0) is 24.2. The van der Waals surface area contributed by atoms with Crippen LogP contribution in [0, 0.1) is 0 Å². The Balaban J connectivity index is 2.22. The molecule has 1 N–H and O–H groups in total. The van der Waals surface area contributed by atoms with Gasteiger partial charge in [-0.1, -0.05) is 12.1 Å². The maximum absolute atomic E-state index is 13.0. The topological polar surface area (TPSA) is 135 Å². The van der Waals surface area contributed by atoms with Crippen molar-refractivity contribution in [2.45, 2.75) is 32.7 Å². The molecule has 1 heterocycles. The largest absolute Gasteiger partial charge is 0.481 e. The molecule has 0 aliphatic rings. The van der Waals surface area contributed by atoms with Crippen LogP contribution < -0.4 is 19.5 Å². The molecular weight excluding hydrogens is 434 g/mol. The summed E-state index contributed by atoms with van der Waals surface area (Å²) in [5.41, 5.74) is 0.119. The molecule has 0 spiro atoms. The summed E-state index contributed by atoms with van der Waals surface area (Å²) in [7, 11) is 2.86. The molecule has 11 nitrogen and oxygen atoms in total. The molecule has 178 valence electrons. The number of amides is 1. The van der Waals surface area contributed by atoms with Crippen LogP contribution in [0.1, 0.15) is 37.0 Å². The summed E-state index contributed by atoms with van der Waals surface area (Å²) in [6.07, 6.45) is -0.0458. The standard InChI is InChI=1S/C22H27N3O8/c1-5-31-19(26)12-11-15(21(28)32-6-2)23-20(27)14-9-7-8-10-16(14)33-22-24-17(29-3)13-18(25-22)30-4/h7-10,13,15H,5-6,11-12H2,1-4H3,(H,23,27)/t15-/m0/s1. The number of nitrogens with zero attached hydrogens (tertiary/aromatic N) is 2. The molecule has 0 fully saturated rings. The van der Waals surface area contributed by atoms with Crippen LogP contribution in [0.25, 0.3) is 0 Å². The van der Waals surface area contributed by atoms with Crippen molar-refractivity contribution in [3.8, 4) is 23.5 Å². The molecular formula is C22H27N3O8. The van der Waals surface area contributed by atoms with E-state index < -0.39 is 23.9 Å². The van der Waals surface area contributed by atoms with Crippen molar-refractivity contribution in [1.82, 2.24) is 15.3 Å². The number of aromatic nitrogens is 2. The maximum Gasteiger partial charge on any atom is 0.328 e. The molecule has 0 saturated heterocycles. The number of hydrogen-bond acceptors (Lipinski definition) is 10. The minimum absolute atomic E-state index is 0.0165. The molecule has 0 aliphatic heterocycles. The van der Waals surface area contributed by atoms with Gasteiger partial charge in [-0.25, -0.2) is 4.79 Å². The van der Waals surface area contributed by atoms with E-state index in [1.807, 2.05) is 0 Å². The van der Waals surface area contributed by atoms with Crippen LogP contribution in [0.2, 0.25) is 0 Å². The number of para-hydroxylation sites is 1. The highest BCUT2D eigenvalue weighted by atomic mass is 16.5. The van der Waals surface area contributed by atoms with Crippen LogP contribution in [0.15, 0.2) is 30.3 Å². The fraction of sp³-hybridized carbons (Fsp3) is 0.409. The highest BCUT2D eigenvalue weighted by Crippen LogP contribution is 2.26. The summed E-state index contributed by atoms with van der Waals surface area (Å²) in [6.45, 7) is 3.67. The zero-order valence-corrected chi connectivity index (χ0v) is 19.0. The highest BCUT2D eigenvalue weighted by molar-refractivity contribution is 5.99. The van der Waals surface area contributed by atoms with Gasteiger partial charge in [-0.05, 0) is 32.4 Å². The zero-order valence-electron chi connectivity index (χ0n) is 19.0. The number of ether oxygens (including phenoxy) is 5. The number of benzene rings is 1. The number of esters is 2. The van der Waals surface area contributed by atoms with E-state index in [0.29, 0.717) is 0 Å². The number of hydrogen-bond donors (Lipinski definition) is 1. The maximum atomic E-state index is 13.0. The molecule has 1 aromatic heterocycles. The first-order valence-electron chi connectivity index (χ1n) is 10.3. The van der Waals surface area contributed by atoms with Gasteiger partial charge in [0.2, 0.25) is 11.8 Å². The molecule has 2 rings (SSSR count). The Morgan fingerprint density at radius 1 is 0.970 bits per heavy atom. The molecule has 0 saturated carbocycles. The molecule has 0 aliphatic carbocycles. The molecule has 0 bridgehead atoms. The fourth-order valence-electron chi connectivity index (χ4n) is 2.70. The van der Waals surface area contributed by atoms with Gasteiger partial charge in [0.15, 0.2) is 0 Å². The van der Waals surface area contributed by atoms with Gasteiger partial charge in [-0.2, -0.15) is 9.97 Å².